The van der Waals surface area contributed by atoms with Crippen LogP contribution in [0, 0.1) is 10.7 Å². The first-order valence-electron chi connectivity index (χ1n) is 7.81. The highest BCUT2D eigenvalue weighted by atomic mass is 32.1. The first-order valence-corrected chi connectivity index (χ1v) is 8.22. The van der Waals surface area contributed by atoms with Crippen molar-refractivity contribution >= 4 is 24.2 Å². The minimum atomic E-state index is -0.249. The van der Waals surface area contributed by atoms with Crippen LogP contribution in [0.4, 0.5) is 4.79 Å². The van der Waals surface area contributed by atoms with E-state index >= 15 is 0 Å². The summed E-state index contributed by atoms with van der Waals surface area (Å²) in [5.74, 6) is 0.348. The lowest BCUT2D eigenvalue weighted by molar-refractivity contribution is -0.146. The van der Waals surface area contributed by atoms with Gasteiger partial charge in [-0.1, -0.05) is 0 Å². The van der Waals surface area contributed by atoms with Crippen molar-refractivity contribution < 1.29 is 14.3 Å². The minimum absolute atomic E-state index is 0.157. The molecule has 0 radical (unpaired) electrons. The number of nitrogens with one attached hydrogen (secondary N) is 2. The van der Waals surface area contributed by atoms with Crippen molar-refractivity contribution in [3.8, 4) is 0 Å². The van der Waals surface area contributed by atoms with E-state index in [4.69, 9.17) is 17.0 Å². The Morgan fingerprint density at radius 3 is 3.00 bits per heavy atom. The van der Waals surface area contributed by atoms with Crippen LogP contribution in [0.15, 0.2) is 0 Å². The van der Waals surface area contributed by atoms with Gasteiger partial charge in [-0.3, -0.25) is 9.89 Å². The highest BCUT2D eigenvalue weighted by Gasteiger charge is 2.28. The molecular weight excluding hydrogens is 318 g/mol. The number of ether oxygens (including phenoxy) is 1. The second kappa shape index (κ2) is 8.09. The molecule has 23 heavy (non-hydrogen) atoms. The molecule has 1 aromatic rings. The maximum Gasteiger partial charge on any atom is 0.317 e. The third-order valence-corrected chi connectivity index (χ3v) is 4.33. The molecule has 2 N–H and O–H groups in total. The fourth-order valence-electron chi connectivity index (χ4n) is 2.78. The first kappa shape index (κ1) is 17.5. The summed E-state index contributed by atoms with van der Waals surface area (Å²) in [6.07, 6.45) is 2.17. The molecule has 2 heterocycles. The molecular formula is C14H23N5O3S. The zero-order chi connectivity index (χ0) is 16.8. The van der Waals surface area contributed by atoms with E-state index in [0.29, 0.717) is 30.8 Å². The lowest BCUT2D eigenvalue weighted by atomic mass is 9.98. The van der Waals surface area contributed by atoms with Gasteiger partial charge >= 0.3 is 12.0 Å². The van der Waals surface area contributed by atoms with Crippen molar-refractivity contribution in [3.63, 3.8) is 0 Å². The number of rotatable bonds is 5. The van der Waals surface area contributed by atoms with Crippen LogP contribution < -0.4 is 5.32 Å². The SMILES string of the molecule is CCn1c(CCNC(=O)N2CCC[C@H](C(=O)OC)C2)n[nH]c1=S. The molecule has 0 unspecified atom stereocenters. The van der Waals surface area contributed by atoms with Crippen LogP contribution in [0.5, 0.6) is 0 Å². The number of carbonyl (C=O) groups is 2. The summed E-state index contributed by atoms with van der Waals surface area (Å²) in [7, 11) is 1.38. The van der Waals surface area contributed by atoms with Crippen molar-refractivity contribution in [1.29, 1.82) is 0 Å². The topological polar surface area (TPSA) is 92.2 Å². The van der Waals surface area contributed by atoms with Gasteiger partial charge in [0.1, 0.15) is 5.82 Å². The first-order chi connectivity index (χ1) is 11.1. The molecule has 0 aliphatic carbocycles. The molecule has 1 atom stereocenters. The Labute approximate surface area is 140 Å². The van der Waals surface area contributed by atoms with Crippen LogP contribution in [0.1, 0.15) is 25.6 Å². The zero-order valence-electron chi connectivity index (χ0n) is 13.5. The maximum absolute atomic E-state index is 12.2. The van der Waals surface area contributed by atoms with E-state index in [2.05, 4.69) is 15.5 Å². The molecule has 128 valence electrons. The van der Waals surface area contributed by atoms with Gasteiger partial charge in [-0.2, -0.15) is 5.10 Å². The summed E-state index contributed by atoms with van der Waals surface area (Å²) in [6.45, 7) is 4.27. The molecule has 1 aliphatic heterocycles. The summed E-state index contributed by atoms with van der Waals surface area (Å²) >= 11 is 5.13. The molecule has 1 saturated heterocycles. The standard InChI is InChI=1S/C14H23N5O3S/c1-3-19-11(16-17-14(19)23)6-7-15-13(21)18-8-4-5-10(9-18)12(20)22-2/h10H,3-9H2,1-2H3,(H,15,21)(H,17,23)/t10-/m0/s1. The van der Waals surface area contributed by atoms with E-state index in [1.54, 1.807) is 4.90 Å². The number of urea groups is 1. The number of piperidine rings is 1. The van der Waals surface area contributed by atoms with Gasteiger partial charge in [0.15, 0.2) is 4.77 Å². The number of amides is 2. The maximum atomic E-state index is 12.2. The monoisotopic (exact) mass is 341 g/mol. The van der Waals surface area contributed by atoms with E-state index in [1.807, 2.05) is 11.5 Å². The number of nitrogens with zero attached hydrogens (tertiary/aromatic N) is 3. The lowest BCUT2D eigenvalue weighted by Crippen LogP contribution is -2.47. The summed E-state index contributed by atoms with van der Waals surface area (Å²) in [4.78, 5) is 25.5. The number of esters is 1. The molecule has 9 heteroatoms. The van der Waals surface area contributed by atoms with Crippen molar-refractivity contribution in [2.24, 2.45) is 5.92 Å². The van der Waals surface area contributed by atoms with Crippen molar-refractivity contribution in [3.05, 3.63) is 10.6 Å². The number of carbonyl (C=O) groups excluding carboxylic acids is 2. The predicted molar refractivity (Wildman–Crippen MR) is 86.5 cm³/mol. The van der Waals surface area contributed by atoms with Crippen LogP contribution >= 0.6 is 12.2 Å². The Kier molecular flexibility index (Phi) is 6.14. The number of hydrogen-bond donors (Lipinski definition) is 2. The Hall–Kier alpha value is -1.90. The number of hydrogen-bond acceptors (Lipinski definition) is 5. The van der Waals surface area contributed by atoms with Crippen LogP contribution in [-0.2, 0) is 22.5 Å². The van der Waals surface area contributed by atoms with E-state index in [-0.39, 0.29) is 17.9 Å². The van der Waals surface area contributed by atoms with Gasteiger partial charge < -0.3 is 19.5 Å². The normalized spacial score (nSPS) is 17.8. The Morgan fingerprint density at radius 2 is 2.30 bits per heavy atom. The number of aromatic nitrogens is 3. The second-order valence-electron chi connectivity index (χ2n) is 5.48. The van der Waals surface area contributed by atoms with E-state index in [1.165, 1.54) is 7.11 Å². The molecule has 0 aromatic carbocycles. The van der Waals surface area contributed by atoms with Crippen molar-refractivity contribution in [2.45, 2.75) is 32.7 Å². The van der Waals surface area contributed by atoms with Gasteiger partial charge in [0.25, 0.3) is 0 Å². The van der Waals surface area contributed by atoms with Crippen LogP contribution in [0.3, 0.4) is 0 Å². The van der Waals surface area contributed by atoms with Gasteiger partial charge in [-0.25, -0.2) is 4.79 Å². The highest BCUT2D eigenvalue weighted by Crippen LogP contribution is 2.17. The molecule has 0 saturated carbocycles. The smallest absolute Gasteiger partial charge is 0.317 e. The van der Waals surface area contributed by atoms with E-state index in [0.717, 1.165) is 25.2 Å². The Balaban J connectivity index is 1.82. The Morgan fingerprint density at radius 1 is 1.52 bits per heavy atom. The largest absolute Gasteiger partial charge is 0.469 e. The fraction of sp³-hybridized carbons (Fsp3) is 0.714. The van der Waals surface area contributed by atoms with Crippen LogP contribution in [-0.4, -0.2) is 58.4 Å². The highest BCUT2D eigenvalue weighted by molar-refractivity contribution is 7.71. The van der Waals surface area contributed by atoms with Crippen molar-refractivity contribution in [1.82, 2.24) is 25.0 Å². The second-order valence-corrected chi connectivity index (χ2v) is 5.87. The molecule has 8 nitrogen and oxygen atoms in total. The van der Waals surface area contributed by atoms with Crippen LogP contribution in [0.2, 0.25) is 0 Å². The summed E-state index contributed by atoms with van der Waals surface area (Å²) in [5.41, 5.74) is 0. The third-order valence-electron chi connectivity index (χ3n) is 4.02. The average molecular weight is 341 g/mol. The summed E-state index contributed by atoms with van der Waals surface area (Å²) < 4.78 is 7.25. The Bertz CT molecular complexity index is 612. The fourth-order valence-corrected chi connectivity index (χ4v) is 3.06. The van der Waals surface area contributed by atoms with E-state index < -0.39 is 0 Å². The van der Waals surface area contributed by atoms with E-state index in [9.17, 15) is 9.59 Å². The summed E-state index contributed by atoms with van der Waals surface area (Å²) in [5, 5.41) is 9.79. The third kappa shape index (κ3) is 4.31. The molecule has 0 bridgehead atoms. The van der Waals surface area contributed by atoms with Gasteiger partial charge in [-0.15, -0.1) is 0 Å². The molecule has 1 fully saturated rings. The number of likely N-dealkylation sites (tertiary alicyclic amines) is 1. The molecule has 1 aliphatic rings. The molecule has 2 rings (SSSR count). The minimum Gasteiger partial charge on any atom is -0.469 e. The zero-order valence-corrected chi connectivity index (χ0v) is 14.3. The number of methoxy groups -OCH3 is 1. The number of H-pyrrole nitrogens is 1. The molecule has 0 spiro atoms. The van der Waals surface area contributed by atoms with Gasteiger partial charge in [-0.05, 0) is 32.0 Å². The molecule has 2 amide bonds. The summed E-state index contributed by atoms with van der Waals surface area (Å²) in [6, 6.07) is -0.157. The average Bonchev–Trinajstić information content (AvgIpc) is 2.93. The number of aromatic amines is 1. The van der Waals surface area contributed by atoms with Crippen molar-refractivity contribution in [2.75, 3.05) is 26.7 Å². The lowest BCUT2D eigenvalue weighted by Gasteiger charge is -2.31. The van der Waals surface area contributed by atoms with Gasteiger partial charge in [0, 0.05) is 32.6 Å². The van der Waals surface area contributed by atoms with Crippen LogP contribution in [0.25, 0.3) is 0 Å². The van der Waals surface area contributed by atoms with Gasteiger partial charge in [0.2, 0.25) is 0 Å². The predicted octanol–water partition coefficient (Wildman–Crippen LogP) is 1.10. The quantitative estimate of drug-likeness (QED) is 0.618. The van der Waals surface area contributed by atoms with Gasteiger partial charge in [0.05, 0.1) is 13.0 Å². The molecule has 1 aromatic heterocycles.